The monoisotopic (exact) mass is 395 g/mol. The van der Waals surface area contributed by atoms with Crippen molar-refractivity contribution in [3.8, 4) is 11.5 Å². The molecule has 0 aliphatic carbocycles. The number of fused-ring (bicyclic) bond motifs is 1. The molecule has 0 amide bonds. The van der Waals surface area contributed by atoms with Gasteiger partial charge in [-0.2, -0.15) is 8.42 Å². The Morgan fingerprint density at radius 2 is 1.80 bits per heavy atom. The summed E-state index contributed by atoms with van der Waals surface area (Å²) in [4.78, 5) is 2.77. The van der Waals surface area contributed by atoms with Crippen LogP contribution in [0.3, 0.4) is 0 Å². The minimum absolute atomic E-state index is 0.0422. The van der Waals surface area contributed by atoms with E-state index in [1.165, 1.54) is 48.5 Å². The summed E-state index contributed by atoms with van der Waals surface area (Å²) < 4.78 is 30.4. The molecule has 3 aromatic carbocycles. The standard InChI is InChI=1S/C16H8Cl2N2O4S/c17-9-4-7-14(12(18)8-9)24-25(22,23)15-3-1-2-11-10(15)5-6-13(20-19)16(11)21/h1-8H/p+1. The second-order valence-electron chi connectivity index (χ2n) is 5.00. The maximum absolute atomic E-state index is 12.7. The van der Waals surface area contributed by atoms with E-state index < -0.39 is 10.1 Å². The highest BCUT2D eigenvalue weighted by Crippen LogP contribution is 2.38. The number of phenols is 1. The molecule has 126 valence electrons. The Kier molecular flexibility index (Phi) is 4.43. The molecule has 0 saturated heterocycles. The lowest BCUT2D eigenvalue weighted by molar-refractivity contribution is 0.484. The van der Waals surface area contributed by atoms with Crippen LogP contribution in [0.5, 0.6) is 11.5 Å². The minimum Gasteiger partial charge on any atom is -0.501 e. The van der Waals surface area contributed by atoms with Crippen molar-refractivity contribution >= 4 is 49.8 Å². The Labute approximate surface area is 152 Å². The molecule has 9 heteroatoms. The number of phenolic OH excluding ortho intramolecular Hbond substituents is 1. The van der Waals surface area contributed by atoms with Crippen molar-refractivity contribution in [2.75, 3.05) is 0 Å². The van der Waals surface area contributed by atoms with Crippen molar-refractivity contribution in [1.29, 1.82) is 5.39 Å². The summed E-state index contributed by atoms with van der Waals surface area (Å²) in [6.07, 6.45) is 0. The Bertz CT molecular complexity index is 1140. The van der Waals surface area contributed by atoms with Gasteiger partial charge in [0, 0.05) is 21.9 Å². The van der Waals surface area contributed by atoms with Crippen molar-refractivity contribution in [3.05, 3.63) is 63.6 Å². The van der Waals surface area contributed by atoms with Crippen LogP contribution in [0.25, 0.3) is 15.7 Å². The lowest BCUT2D eigenvalue weighted by atomic mass is 10.1. The molecule has 0 radical (unpaired) electrons. The van der Waals surface area contributed by atoms with Crippen molar-refractivity contribution in [1.82, 2.24) is 0 Å². The number of benzene rings is 3. The van der Waals surface area contributed by atoms with Gasteiger partial charge in [0.2, 0.25) is 11.1 Å². The van der Waals surface area contributed by atoms with Gasteiger partial charge in [-0.3, -0.25) is 0 Å². The average molecular weight is 396 g/mol. The third-order valence-corrected chi connectivity index (χ3v) is 5.27. The second-order valence-corrected chi connectivity index (χ2v) is 7.36. The van der Waals surface area contributed by atoms with E-state index in [1.807, 2.05) is 0 Å². The molecule has 0 spiro atoms. The van der Waals surface area contributed by atoms with Gasteiger partial charge in [0.05, 0.1) is 5.02 Å². The fraction of sp³-hybridized carbons (Fsp3) is 0. The van der Waals surface area contributed by atoms with Crippen molar-refractivity contribution in [2.45, 2.75) is 4.90 Å². The highest BCUT2D eigenvalue weighted by molar-refractivity contribution is 7.87. The maximum Gasteiger partial charge on any atom is 0.426 e. The molecular weight excluding hydrogens is 387 g/mol. The molecule has 0 aromatic heterocycles. The van der Waals surface area contributed by atoms with Gasteiger partial charge in [0.15, 0.2) is 10.7 Å². The maximum atomic E-state index is 12.7. The molecule has 0 heterocycles. The third kappa shape index (κ3) is 3.20. The molecule has 3 aromatic rings. The first kappa shape index (κ1) is 17.3. The predicted molar refractivity (Wildman–Crippen MR) is 94.6 cm³/mol. The summed E-state index contributed by atoms with van der Waals surface area (Å²) in [5, 5.41) is 19.7. The summed E-state index contributed by atoms with van der Waals surface area (Å²) in [6, 6.07) is 11.1. The summed E-state index contributed by atoms with van der Waals surface area (Å²) in [5.74, 6) is -0.421. The topological polar surface area (TPSA) is 91.8 Å². The minimum atomic E-state index is -4.24. The first-order valence-corrected chi connectivity index (χ1v) is 8.99. The zero-order chi connectivity index (χ0) is 18.2. The fourth-order valence-electron chi connectivity index (χ4n) is 2.31. The molecule has 0 unspecified atom stereocenters. The first-order valence-electron chi connectivity index (χ1n) is 6.83. The molecule has 0 saturated carbocycles. The Morgan fingerprint density at radius 3 is 2.48 bits per heavy atom. The Hall–Kier alpha value is -2.53. The van der Waals surface area contributed by atoms with Crippen LogP contribution in [0.2, 0.25) is 10.0 Å². The van der Waals surface area contributed by atoms with E-state index in [-0.39, 0.29) is 37.9 Å². The molecule has 3 rings (SSSR count). The zero-order valence-electron chi connectivity index (χ0n) is 12.3. The van der Waals surface area contributed by atoms with E-state index in [2.05, 4.69) is 4.98 Å². The molecule has 25 heavy (non-hydrogen) atoms. The molecule has 0 fully saturated rings. The van der Waals surface area contributed by atoms with Gasteiger partial charge in [-0.05, 0) is 30.3 Å². The van der Waals surface area contributed by atoms with Crippen molar-refractivity contribution in [3.63, 3.8) is 0 Å². The van der Waals surface area contributed by atoms with Gasteiger partial charge in [-0.1, -0.05) is 35.3 Å². The van der Waals surface area contributed by atoms with Gasteiger partial charge in [-0.15, -0.1) is 0 Å². The van der Waals surface area contributed by atoms with Gasteiger partial charge in [0.25, 0.3) is 0 Å². The van der Waals surface area contributed by atoms with E-state index in [0.29, 0.717) is 5.02 Å². The SMILES string of the molecule is N#[N+]c1ccc2c(S(=O)(=O)Oc3ccc(Cl)cc3Cl)cccc2c1O. The number of diazo groups is 1. The molecule has 0 atom stereocenters. The number of hydrogen-bond donors (Lipinski definition) is 1. The summed E-state index contributed by atoms with van der Waals surface area (Å²) in [6.45, 7) is 0. The van der Waals surface area contributed by atoms with Crippen LogP contribution >= 0.6 is 23.2 Å². The summed E-state index contributed by atoms with van der Waals surface area (Å²) in [7, 11) is -4.24. The lowest BCUT2D eigenvalue weighted by Crippen LogP contribution is -2.10. The summed E-state index contributed by atoms with van der Waals surface area (Å²) in [5.41, 5.74) is -0.0799. The van der Waals surface area contributed by atoms with Crippen molar-refractivity contribution in [2.24, 2.45) is 0 Å². The smallest absolute Gasteiger partial charge is 0.426 e. The lowest BCUT2D eigenvalue weighted by Gasteiger charge is -2.11. The van der Waals surface area contributed by atoms with E-state index in [1.54, 1.807) is 0 Å². The second kappa shape index (κ2) is 6.41. The van der Waals surface area contributed by atoms with E-state index in [9.17, 15) is 13.5 Å². The highest BCUT2D eigenvalue weighted by atomic mass is 35.5. The zero-order valence-corrected chi connectivity index (χ0v) is 14.7. The van der Waals surface area contributed by atoms with Gasteiger partial charge < -0.3 is 9.29 Å². The van der Waals surface area contributed by atoms with E-state index >= 15 is 0 Å². The van der Waals surface area contributed by atoms with Crippen LogP contribution in [0.15, 0.2) is 53.4 Å². The van der Waals surface area contributed by atoms with Gasteiger partial charge in [0.1, 0.15) is 4.90 Å². The first-order chi connectivity index (χ1) is 11.8. The molecule has 1 N–H and O–H groups in total. The largest absolute Gasteiger partial charge is 0.501 e. The fourth-order valence-corrected chi connectivity index (χ4v) is 3.96. The van der Waals surface area contributed by atoms with E-state index in [4.69, 9.17) is 32.8 Å². The van der Waals surface area contributed by atoms with Crippen molar-refractivity contribution < 1.29 is 17.7 Å². The number of nitrogens with zero attached hydrogens (tertiary/aromatic N) is 2. The molecule has 0 bridgehead atoms. The molecular formula is C16H9Cl2N2O4S+. The number of halogens is 2. The number of aromatic hydroxyl groups is 1. The van der Waals surface area contributed by atoms with Crippen LogP contribution in [0.1, 0.15) is 0 Å². The Morgan fingerprint density at radius 1 is 1.04 bits per heavy atom. The van der Waals surface area contributed by atoms with Crippen LogP contribution in [-0.4, -0.2) is 13.5 Å². The highest BCUT2D eigenvalue weighted by Gasteiger charge is 2.24. The van der Waals surface area contributed by atoms with Crippen LogP contribution < -0.4 is 4.18 Å². The summed E-state index contributed by atoms with van der Waals surface area (Å²) >= 11 is 11.7. The van der Waals surface area contributed by atoms with Crippen LogP contribution in [-0.2, 0) is 10.1 Å². The molecule has 0 aliphatic rings. The van der Waals surface area contributed by atoms with Gasteiger partial charge in [-0.25, -0.2) is 0 Å². The van der Waals surface area contributed by atoms with Crippen LogP contribution in [0.4, 0.5) is 5.69 Å². The Balaban J connectivity index is 2.15. The third-order valence-electron chi connectivity index (χ3n) is 3.44. The van der Waals surface area contributed by atoms with E-state index in [0.717, 1.165) is 0 Å². The molecule has 6 nitrogen and oxygen atoms in total. The normalized spacial score (nSPS) is 11.2. The number of hydrogen-bond acceptors (Lipinski definition) is 5. The number of rotatable bonds is 3. The van der Waals surface area contributed by atoms with Crippen LogP contribution in [0, 0.1) is 5.39 Å². The van der Waals surface area contributed by atoms with Gasteiger partial charge >= 0.3 is 15.8 Å². The molecule has 0 aliphatic heterocycles. The predicted octanol–water partition coefficient (Wildman–Crippen LogP) is 5.10. The average Bonchev–Trinajstić information content (AvgIpc) is 2.57. The quantitative estimate of drug-likeness (QED) is 0.491.